The first kappa shape index (κ1) is 14.2. The summed E-state index contributed by atoms with van der Waals surface area (Å²) in [5.41, 5.74) is 7.63. The van der Waals surface area contributed by atoms with Gasteiger partial charge in [-0.1, -0.05) is 19.1 Å². The lowest BCUT2D eigenvalue weighted by molar-refractivity contribution is 0.0496. The average molecular weight is 279 g/mol. The molecule has 2 atom stereocenters. The Morgan fingerprint density at radius 2 is 2.26 bits per heavy atom. The number of nitrogens with zero attached hydrogens (tertiary/aromatic N) is 2. The van der Waals surface area contributed by atoms with Gasteiger partial charge in [0.15, 0.2) is 0 Å². The second-order valence-corrected chi connectivity index (χ2v) is 5.61. The second-order valence-electron chi connectivity index (χ2n) is 5.17. The topological polar surface area (TPSA) is 51.4 Å². The first-order valence-corrected chi connectivity index (χ1v) is 6.99. The number of piperidine rings is 1. The van der Waals surface area contributed by atoms with Crippen LogP contribution in [0.25, 0.3) is 0 Å². The van der Waals surface area contributed by atoms with Crippen LogP contribution in [0.4, 0.5) is 5.82 Å². The molecule has 0 radical (unpaired) electrons. The van der Waals surface area contributed by atoms with E-state index in [-0.39, 0.29) is 6.10 Å². The standard InChI is InChI=1S/C14H21N3OS/c1-9-6-7-17(8-12(9)18-3)14-11(13(15)19)5-4-10(2)16-14/h4-5,9,12H,6-8H2,1-3H3,(H2,15,19). The van der Waals surface area contributed by atoms with Crippen LogP contribution in [0.5, 0.6) is 0 Å². The summed E-state index contributed by atoms with van der Waals surface area (Å²) in [5, 5.41) is 0. The fourth-order valence-electron chi connectivity index (χ4n) is 2.51. The Hall–Kier alpha value is -1.20. The summed E-state index contributed by atoms with van der Waals surface area (Å²) in [6.07, 6.45) is 1.32. The van der Waals surface area contributed by atoms with Crippen molar-refractivity contribution >= 4 is 23.0 Å². The van der Waals surface area contributed by atoms with Gasteiger partial charge in [-0.3, -0.25) is 0 Å². The highest BCUT2D eigenvalue weighted by Gasteiger charge is 2.28. The molecule has 0 amide bonds. The van der Waals surface area contributed by atoms with Gasteiger partial charge in [0.1, 0.15) is 10.8 Å². The van der Waals surface area contributed by atoms with Crippen molar-refractivity contribution in [2.75, 3.05) is 25.1 Å². The van der Waals surface area contributed by atoms with Crippen molar-refractivity contribution in [2.24, 2.45) is 11.7 Å². The largest absolute Gasteiger partial charge is 0.389 e. The van der Waals surface area contributed by atoms with Crippen LogP contribution in [0.1, 0.15) is 24.6 Å². The number of nitrogens with two attached hydrogens (primary N) is 1. The SMILES string of the molecule is COC1CN(c2nc(C)ccc2C(N)=S)CCC1C. The fourth-order valence-corrected chi connectivity index (χ4v) is 2.67. The van der Waals surface area contributed by atoms with Crippen LogP contribution in [-0.2, 0) is 4.74 Å². The summed E-state index contributed by atoms with van der Waals surface area (Å²) < 4.78 is 5.55. The Bertz CT molecular complexity index is 478. The molecule has 0 bridgehead atoms. The first-order chi connectivity index (χ1) is 9.02. The molecule has 0 aromatic carbocycles. The van der Waals surface area contributed by atoms with Crippen LogP contribution < -0.4 is 10.6 Å². The van der Waals surface area contributed by atoms with Gasteiger partial charge in [0.05, 0.1) is 11.7 Å². The molecule has 1 saturated heterocycles. The molecule has 104 valence electrons. The van der Waals surface area contributed by atoms with Gasteiger partial charge in [-0.05, 0) is 31.4 Å². The molecule has 1 aliphatic rings. The lowest BCUT2D eigenvalue weighted by Crippen LogP contribution is -2.45. The van der Waals surface area contributed by atoms with Crippen LogP contribution in [0.2, 0.25) is 0 Å². The molecule has 2 unspecified atom stereocenters. The van der Waals surface area contributed by atoms with Gasteiger partial charge < -0.3 is 15.4 Å². The van der Waals surface area contributed by atoms with E-state index in [0.717, 1.165) is 36.6 Å². The molecule has 2 N–H and O–H groups in total. The Morgan fingerprint density at radius 3 is 2.89 bits per heavy atom. The molecular formula is C14H21N3OS. The van der Waals surface area contributed by atoms with Crippen molar-refractivity contribution in [1.82, 2.24) is 4.98 Å². The van der Waals surface area contributed by atoms with E-state index < -0.39 is 0 Å². The zero-order chi connectivity index (χ0) is 14.0. The lowest BCUT2D eigenvalue weighted by atomic mass is 9.95. The number of hydrogen-bond acceptors (Lipinski definition) is 4. The molecule has 2 heterocycles. The summed E-state index contributed by atoms with van der Waals surface area (Å²) in [4.78, 5) is 7.24. The van der Waals surface area contributed by atoms with Crippen molar-refractivity contribution in [2.45, 2.75) is 26.4 Å². The van der Waals surface area contributed by atoms with Crippen LogP contribution in [0.15, 0.2) is 12.1 Å². The van der Waals surface area contributed by atoms with E-state index >= 15 is 0 Å². The first-order valence-electron chi connectivity index (χ1n) is 6.58. The van der Waals surface area contributed by atoms with Gasteiger partial charge in [-0.25, -0.2) is 4.98 Å². The van der Waals surface area contributed by atoms with Gasteiger partial charge in [0, 0.05) is 25.9 Å². The monoisotopic (exact) mass is 279 g/mol. The molecule has 2 rings (SSSR count). The number of anilines is 1. The minimum atomic E-state index is 0.232. The summed E-state index contributed by atoms with van der Waals surface area (Å²) in [7, 11) is 1.77. The van der Waals surface area contributed by atoms with Crippen molar-refractivity contribution in [3.05, 3.63) is 23.4 Å². The van der Waals surface area contributed by atoms with Crippen LogP contribution in [0, 0.1) is 12.8 Å². The zero-order valence-electron chi connectivity index (χ0n) is 11.7. The average Bonchev–Trinajstić information content (AvgIpc) is 2.38. The maximum atomic E-state index is 5.80. The molecule has 1 aromatic heterocycles. The predicted molar refractivity (Wildman–Crippen MR) is 81.7 cm³/mol. The molecular weight excluding hydrogens is 258 g/mol. The van der Waals surface area contributed by atoms with E-state index in [0.29, 0.717) is 10.9 Å². The molecule has 0 saturated carbocycles. The van der Waals surface area contributed by atoms with Crippen molar-refractivity contribution < 1.29 is 4.74 Å². The van der Waals surface area contributed by atoms with E-state index in [1.807, 2.05) is 19.1 Å². The normalized spacial score (nSPS) is 23.4. The maximum Gasteiger partial charge on any atom is 0.139 e. The van der Waals surface area contributed by atoms with Crippen LogP contribution >= 0.6 is 12.2 Å². The van der Waals surface area contributed by atoms with E-state index in [1.165, 1.54) is 0 Å². The Labute approximate surface area is 120 Å². The van der Waals surface area contributed by atoms with Crippen LogP contribution in [-0.4, -0.2) is 36.3 Å². The van der Waals surface area contributed by atoms with Gasteiger partial charge >= 0.3 is 0 Å². The van der Waals surface area contributed by atoms with Crippen molar-refractivity contribution in [3.63, 3.8) is 0 Å². The lowest BCUT2D eigenvalue weighted by Gasteiger charge is -2.37. The third kappa shape index (κ3) is 3.04. The number of hydrogen-bond donors (Lipinski definition) is 1. The third-order valence-electron chi connectivity index (χ3n) is 3.77. The molecule has 1 fully saturated rings. The second kappa shape index (κ2) is 5.84. The Balaban J connectivity index is 2.31. The molecule has 0 aliphatic carbocycles. The highest BCUT2D eigenvalue weighted by Crippen LogP contribution is 2.26. The minimum Gasteiger partial charge on any atom is -0.389 e. The smallest absolute Gasteiger partial charge is 0.139 e. The van der Waals surface area contributed by atoms with E-state index in [9.17, 15) is 0 Å². The zero-order valence-corrected chi connectivity index (χ0v) is 12.5. The molecule has 19 heavy (non-hydrogen) atoms. The summed E-state index contributed by atoms with van der Waals surface area (Å²) in [6, 6.07) is 3.90. The number of pyridine rings is 1. The summed E-state index contributed by atoms with van der Waals surface area (Å²) in [5.74, 6) is 1.46. The highest BCUT2D eigenvalue weighted by molar-refractivity contribution is 7.80. The quantitative estimate of drug-likeness (QED) is 0.856. The number of thiocarbonyl (C=S) groups is 1. The number of rotatable bonds is 3. The summed E-state index contributed by atoms with van der Waals surface area (Å²) >= 11 is 5.12. The number of methoxy groups -OCH3 is 1. The Kier molecular flexibility index (Phi) is 4.37. The third-order valence-corrected chi connectivity index (χ3v) is 3.99. The fraction of sp³-hybridized carbons (Fsp3) is 0.571. The van der Waals surface area contributed by atoms with Crippen LogP contribution in [0.3, 0.4) is 0 Å². The maximum absolute atomic E-state index is 5.80. The minimum absolute atomic E-state index is 0.232. The molecule has 0 spiro atoms. The predicted octanol–water partition coefficient (Wildman–Crippen LogP) is 1.89. The van der Waals surface area contributed by atoms with Gasteiger partial charge in [-0.15, -0.1) is 0 Å². The molecule has 1 aliphatic heterocycles. The van der Waals surface area contributed by atoms with Crippen molar-refractivity contribution in [1.29, 1.82) is 0 Å². The molecule has 1 aromatic rings. The number of aryl methyl sites for hydroxylation is 1. The van der Waals surface area contributed by atoms with Gasteiger partial charge in [0.2, 0.25) is 0 Å². The van der Waals surface area contributed by atoms with Crippen molar-refractivity contribution in [3.8, 4) is 0 Å². The van der Waals surface area contributed by atoms with E-state index in [4.69, 9.17) is 22.7 Å². The molecule has 5 heteroatoms. The van der Waals surface area contributed by atoms with E-state index in [1.54, 1.807) is 7.11 Å². The number of ether oxygens (including phenoxy) is 1. The number of aromatic nitrogens is 1. The van der Waals surface area contributed by atoms with Gasteiger partial charge in [-0.2, -0.15) is 0 Å². The summed E-state index contributed by atoms with van der Waals surface area (Å²) in [6.45, 7) is 6.01. The highest BCUT2D eigenvalue weighted by atomic mass is 32.1. The van der Waals surface area contributed by atoms with Gasteiger partial charge in [0.25, 0.3) is 0 Å². The molecule has 4 nitrogen and oxygen atoms in total. The van der Waals surface area contributed by atoms with E-state index in [2.05, 4.69) is 16.8 Å². The Morgan fingerprint density at radius 1 is 1.53 bits per heavy atom.